The van der Waals surface area contributed by atoms with Crippen molar-refractivity contribution in [3.8, 4) is 5.75 Å². The highest BCUT2D eigenvalue weighted by atomic mass is 19.3. The molecule has 1 rings (SSSR count). The lowest BCUT2D eigenvalue weighted by atomic mass is 10.1. The van der Waals surface area contributed by atoms with E-state index < -0.39 is 30.2 Å². The lowest BCUT2D eigenvalue weighted by Gasteiger charge is -2.12. The first-order chi connectivity index (χ1) is 9.43. The Morgan fingerprint density at radius 1 is 1.45 bits per heavy atom. The van der Waals surface area contributed by atoms with Crippen LogP contribution < -0.4 is 10.1 Å². The van der Waals surface area contributed by atoms with Gasteiger partial charge in [-0.2, -0.15) is 8.78 Å². The van der Waals surface area contributed by atoms with Crippen LogP contribution in [-0.2, 0) is 0 Å². The molecule has 0 spiro atoms. The van der Waals surface area contributed by atoms with Crippen molar-refractivity contribution in [1.82, 2.24) is 5.32 Å². The summed E-state index contributed by atoms with van der Waals surface area (Å²) in [7, 11) is 0. The van der Waals surface area contributed by atoms with Crippen molar-refractivity contribution in [1.29, 1.82) is 0 Å². The van der Waals surface area contributed by atoms with Gasteiger partial charge in [-0.3, -0.25) is 4.79 Å². The average molecular weight is 291 g/mol. The third kappa shape index (κ3) is 5.08. The molecule has 0 saturated heterocycles. The molecule has 0 aliphatic heterocycles. The van der Waals surface area contributed by atoms with E-state index in [0.29, 0.717) is 12.8 Å². The number of benzene rings is 1. The highest BCUT2D eigenvalue weighted by Crippen LogP contribution is 2.22. The number of amides is 1. The van der Waals surface area contributed by atoms with Crippen LogP contribution in [0.25, 0.3) is 0 Å². The summed E-state index contributed by atoms with van der Waals surface area (Å²) < 4.78 is 41.5. The topological polar surface area (TPSA) is 58.6 Å². The van der Waals surface area contributed by atoms with Gasteiger partial charge in [0, 0.05) is 12.6 Å². The Hall–Kier alpha value is -1.76. The van der Waals surface area contributed by atoms with Gasteiger partial charge in [-0.25, -0.2) is 4.39 Å². The van der Waals surface area contributed by atoms with Crippen molar-refractivity contribution in [3.05, 3.63) is 29.6 Å². The second-order valence-electron chi connectivity index (χ2n) is 4.13. The fraction of sp³-hybridized carbons (Fsp3) is 0.462. The third-order valence-corrected chi connectivity index (χ3v) is 2.64. The van der Waals surface area contributed by atoms with Crippen molar-refractivity contribution in [2.45, 2.75) is 32.5 Å². The molecule has 2 N–H and O–H groups in total. The molecule has 0 heterocycles. The Balaban J connectivity index is 2.71. The number of hydrogen-bond donors (Lipinski definition) is 2. The van der Waals surface area contributed by atoms with E-state index in [4.69, 9.17) is 0 Å². The number of ether oxygens (including phenoxy) is 1. The number of aliphatic hydroxyl groups excluding tert-OH is 1. The highest BCUT2D eigenvalue weighted by Gasteiger charge is 2.16. The second kappa shape index (κ2) is 7.74. The zero-order valence-electron chi connectivity index (χ0n) is 10.9. The molecule has 1 unspecified atom stereocenters. The van der Waals surface area contributed by atoms with Gasteiger partial charge in [-0.15, -0.1) is 0 Å². The number of carbonyl (C=O) groups excluding carboxylic acids is 1. The third-order valence-electron chi connectivity index (χ3n) is 2.64. The highest BCUT2D eigenvalue weighted by molar-refractivity contribution is 5.96. The van der Waals surface area contributed by atoms with E-state index in [-0.39, 0.29) is 12.1 Å². The van der Waals surface area contributed by atoms with Crippen molar-refractivity contribution < 1.29 is 27.8 Å². The van der Waals surface area contributed by atoms with Crippen LogP contribution in [0.5, 0.6) is 5.75 Å². The zero-order valence-corrected chi connectivity index (χ0v) is 10.9. The summed E-state index contributed by atoms with van der Waals surface area (Å²) in [6, 6.07) is 2.77. The van der Waals surface area contributed by atoms with Crippen LogP contribution in [0.2, 0.25) is 0 Å². The lowest BCUT2D eigenvalue weighted by molar-refractivity contribution is -0.0503. The van der Waals surface area contributed by atoms with E-state index in [1.54, 1.807) is 6.92 Å². The maximum Gasteiger partial charge on any atom is 0.387 e. The number of hydrogen-bond acceptors (Lipinski definition) is 3. The maximum absolute atomic E-state index is 13.0. The molecule has 112 valence electrons. The first-order valence-electron chi connectivity index (χ1n) is 6.14. The summed E-state index contributed by atoms with van der Waals surface area (Å²) in [5.41, 5.74) is -0.183. The SMILES string of the molecule is CCC(O)CCNC(=O)c1ccc(F)cc1OC(F)F. The summed E-state index contributed by atoms with van der Waals surface area (Å²) >= 11 is 0. The summed E-state index contributed by atoms with van der Waals surface area (Å²) in [6.07, 6.45) is 0.348. The molecule has 1 aromatic rings. The molecule has 1 aromatic carbocycles. The first kappa shape index (κ1) is 16.3. The molecule has 1 amide bonds. The van der Waals surface area contributed by atoms with Crippen LogP contribution in [0.1, 0.15) is 30.1 Å². The fourth-order valence-corrected chi connectivity index (χ4v) is 1.53. The average Bonchev–Trinajstić information content (AvgIpc) is 2.37. The van der Waals surface area contributed by atoms with E-state index in [2.05, 4.69) is 10.1 Å². The van der Waals surface area contributed by atoms with Crippen molar-refractivity contribution in [2.75, 3.05) is 6.54 Å². The van der Waals surface area contributed by atoms with Gasteiger partial charge in [-0.1, -0.05) is 6.92 Å². The van der Waals surface area contributed by atoms with Gasteiger partial charge in [0.25, 0.3) is 5.91 Å². The summed E-state index contributed by atoms with van der Waals surface area (Å²) in [4.78, 5) is 11.8. The van der Waals surface area contributed by atoms with Gasteiger partial charge in [0.1, 0.15) is 11.6 Å². The number of nitrogens with one attached hydrogen (secondary N) is 1. The molecule has 0 radical (unpaired) electrons. The maximum atomic E-state index is 13.0. The predicted octanol–water partition coefficient (Wildman–Crippen LogP) is 2.32. The van der Waals surface area contributed by atoms with Crippen molar-refractivity contribution >= 4 is 5.91 Å². The molecule has 7 heteroatoms. The monoisotopic (exact) mass is 291 g/mol. The normalized spacial score (nSPS) is 12.3. The Kier molecular flexibility index (Phi) is 6.30. The van der Waals surface area contributed by atoms with E-state index in [1.165, 1.54) is 0 Å². The molecule has 0 aromatic heterocycles. The van der Waals surface area contributed by atoms with Crippen LogP contribution in [-0.4, -0.2) is 30.3 Å². The van der Waals surface area contributed by atoms with Crippen molar-refractivity contribution in [3.63, 3.8) is 0 Å². The number of rotatable bonds is 7. The molecule has 0 bridgehead atoms. The lowest BCUT2D eigenvalue weighted by Crippen LogP contribution is -2.27. The van der Waals surface area contributed by atoms with E-state index in [1.807, 2.05) is 0 Å². The minimum absolute atomic E-state index is 0.180. The van der Waals surface area contributed by atoms with Gasteiger partial charge < -0.3 is 15.2 Å². The number of aliphatic hydroxyl groups is 1. The molecule has 0 aliphatic carbocycles. The molecular weight excluding hydrogens is 275 g/mol. The molecule has 20 heavy (non-hydrogen) atoms. The summed E-state index contributed by atoms with van der Waals surface area (Å²) in [5, 5.41) is 11.8. The van der Waals surface area contributed by atoms with Gasteiger partial charge in [-0.05, 0) is 25.0 Å². The van der Waals surface area contributed by atoms with Crippen LogP contribution in [0.4, 0.5) is 13.2 Å². The number of halogens is 3. The summed E-state index contributed by atoms with van der Waals surface area (Å²) in [5.74, 6) is -1.96. The quantitative estimate of drug-likeness (QED) is 0.810. The minimum atomic E-state index is -3.15. The smallest absolute Gasteiger partial charge is 0.387 e. The molecular formula is C13H16F3NO3. The van der Waals surface area contributed by atoms with E-state index in [9.17, 15) is 23.1 Å². The van der Waals surface area contributed by atoms with E-state index in [0.717, 1.165) is 18.2 Å². The molecule has 4 nitrogen and oxygen atoms in total. The van der Waals surface area contributed by atoms with Gasteiger partial charge in [0.2, 0.25) is 0 Å². The predicted molar refractivity (Wildman–Crippen MR) is 66.3 cm³/mol. The van der Waals surface area contributed by atoms with Crippen LogP contribution >= 0.6 is 0 Å². The fourth-order valence-electron chi connectivity index (χ4n) is 1.53. The zero-order chi connectivity index (χ0) is 15.1. The van der Waals surface area contributed by atoms with Gasteiger partial charge in [0.15, 0.2) is 0 Å². The Bertz CT molecular complexity index is 454. The Morgan fingerprint density at radius 3 is 2.75 bits per heavy atom. The van der Waals surface area contributed by atoms with Crippen LogP contribution in [0, 0.1) is 5.82 Å². The van der Waals surface area contributed by atoms with Crippen LogP contribution in [0.3, 0.4) is 0 Å². The number of alkyl halides is 2. The van der Waals surface area contributed by atoms with Gasteiger partial charge >= 0.3 is 6.61 Å². The largest absolute Gasteiger partial charge is 0.434 e. The van der Waals surface area contributed by atoms with Crippen LogP contribution in [0.15, 0.2) is 18.2 Å². The standard InChI is InChI=1S/C13H16F3NO3/c1-2-9(18)5-6-17-12(19)10-4-3-8(14)7-11(10)20-13(15)16/h3-4,7,9,13,18H,2,5-6H2,1H3,(H,17,19). The van der Waals surface area contributed by atoms with Gasteiger partial charge in [0.05, 0.1) is 11.7 Å². The molecule has 0 aliphatic rings. The molecule has 1 atom stereocenters. The minimum Gasteiger partial charge on any atom is -0.434 e. The second-order valence-corrected chi connectivity index (χ2v) is 4.13. The Morgan fingerprint density at radius 2 is 2.15 bits per heavy atom. The van der Waals surface area contributed by atoms with E-state index >= 15 is 0 Å². The first-order valence-corrected chi connectivity index (χ1v) is 6.14. The van der Waals surface area contributed by atoms with Crippen molar-refractivity contribution in [2.24, 2.45) is 0 Å². The molecule has 0 fully saturated rings. The Labute approximate surface area is 114 Å². The summed E-state index contributed by atoms with van der Waals surface area (Å²) in [6.45, 7) is -1.18. The molecule has 0 saturated carbocycles. The number of carbonyl (C=O) groups is 1.